The van der Waals surface area contributed by atoms with Gasteiger partial charge in [-0.15, -0.1) is 0 Å². The van der Waals surface area contributed by atoms with E-state index in [1.807, 2.05) is 27.7 Å². The molecule has 2 saturated heterocycles. The molecule has 0 aromatic carbocycles. The molecule has 0 saturated carbocycles. The Kier molecular flexibility index (Phi) is 8.31. The molecule has 2 atom stereocenters. The Bertz CT molecular complexity index is 1090. The zero-order valence-corrected chi connectivity index (χ0v) is 23.8. The fourth-order valence-electron chi connectivity index (χ4n) is 4.19. The molecule has 0 bridgehead atoms. The zero-order chi connectivity index (χ0) is 27.8. The average molecular weight is 538 g/mol. The van der Waals surface area contributed by atoms with Crippen molar-refractivity contribution >= 4 is 34.4 Å². The first-order valence-corrected chi connectivity index (χ1v) is 14.2. The summed E-state index contributed by atoms with van der Waals surface area (Å²) < 4.78 is 43.3. The predicted molar refractivity (Wildman–Crippen MR) is 138 cm³/mol. The first kappa shape index (κ1) is 29.3. The lowest BCUT2D eigenvalue weighted by atomic mass is 9.81. The molecule has 1 N–H and O–H groups in total. The first-order chi connectivity index (χ1) is 16.9. The highest BCUT2D eigenvalue weighted by Crippen LogP contribution is 2.36. The number of nitrogens with one attached hydrogen (secondary N) is 1. The second kappa shape index (κ2) is 10.5. The number of hydrogen-bond donors (Lipinski definition) is 1. The quantitative estimate of drug-likeness (QED) is 0.424. The number of sulfone groups is 1. The molecule has 2 aliphatic rings. The third-order valence-electron chi connectivity index (χ3n) is 6.84. The van der Waals surface area contributed by atoms with Crippen molar-refractivity contribution in [1.29, 1.82) is 0 Å². The standard InChI is InChI=1S/C24H39BN4O7S/c1-16(28-21(31)34-22(2,3)4)19(30)29-11-9-10-17(14-29)15-37(32,33)20-26-12-18(13-27-20)25-35-23(5,6)24(7,8)36-25/h12-13,16-17H,9-11,14-15H2,1-8H3,(H,28,31)/t16-,17+/m0/s1. The van der Waals surface area contributed by atoms with E-state index >= 15 is 0 Å². The molecule has 2 amide bonds. The van der Waals surface area contributed by atoms with Crippen LogP contribution in [-0.2, 0) is 28.7 Å². The van der Waals surface area contributed by atoms with Crippen LogP contribution < -0.4 is 10.8 Å². The van der Waals surface area contributed by atoms with Gasteiger partial charge in [0.25, 0.3) is 0 Å². The average Bonchev–Trinajstić information content (AvgIpc) is 2.98. The van der Waals surface area contributed by atoms with Crippen LogP contribution in [0.15, 0.2) is 17.6 Å². The van der Waals surface area contributed by atoms with Crippen molar-refractivity contribution in [2.24, 2.45) is 5.92 Å². The van der Waals surface area contributed by atoms with Gasteiger partial charge in [0.1, 0.15) is 11.6 Å². The van der Waals surface area contributed by atoms with Crippen LogP contribution >= 0.6 is 0 Å². The monoisotopic (exact) mass is 538 g/mol. The summed E-state index contributed by atoms with van der Waals surface area (Å²) in [6.45, 7) is 15.3. The molecule has 2 fully saturated rings. The third-order valence-corrected chi connectivity index (χ3v) is 8.52. The second-order valence-electron chi connectivity index (χ2n) is 11.8. The van der Waals surface area contributed by atoms with Crippen LogP contribution in [0.4, 0.5) is 4.79 Å². The van der Waals surface area contributed by atoms with E-state index in [4.69, 9.17) is 14.0 Å². The molecular formula is C24H39BN4O7S. The molecule has 3 rings (SSSR count). The number of carbonyl (C=O) groups excluding carboxylic acids is 2. The van der Waals surface area contributed by atoms with E-state index in [9.17, 15) is 18.0 Å². The number of aromatic nitrogens is 2. The first-order valence-electron chi connectivity index (χ1n) is 12.6. The lowest BCUT2D eigenvalue weighted by Crippen LogP contribution is -2.51. The highest BCUT2D eigenvalue weighted by molar-refractivity contribution is 7.91. The van der Waals surface area contributed by atoms with E-state index in [2.05, 4.69) is 15.3 Å². The minimum atomic E-state index is -3.79. The zero-order valence-electron chi connectivity index (χ0n) is 23.0. The number of ether oxygens (including phenoxy) is 1. The summed E-state index contributed by atoms with van der Waals surface area (Å²) in [6.07, 6.45) is 3.48. The minimum absolute atomic E-state index is 0.180. The maximum absolute atomic E-state index is 13.1. The van der Waals surface area contributed by atoms with Gasteiger partial charge >= 0.3 is 13.2 Å². The van der Waals surface area contributed by atoms with Crippen molar-refractivity contribution in [2.75, 3.05) is 18.8 Å². The van der Waals surface area contributed by atoms with Gasteiger partial charge in [-0.3, -0.25) is 4.79 Å². The van der Waals surface area contributed by atoms with Crippen LogP contribution in [0.25, 0.3) is 0 Å². The molecule has 11 nitrogen and oxygen atoms in total. The number of alkyl carbamates (subject to hydrolysis) is 1. The highest BCUT2D eigenvalue weighted by atomic mass is 32.2. The number of likely N-dealkylation sites (tertiary alicyclic amines) is 1. The van der Waals surface area contributed by atoms with Crippen molar-refractivity contribution in [2.45, 2.75) is 96.2 Å². The van der Waals surface area contributed by atoms with Crippen LogP contribution in [0.5, 0.6) is 0 Å². The summed E-state index contributed by atoms with van der Waals surface area (Å²) in [5.41, 5.74) is -1.21. The van der Waals surface area contributed by atoms with Crippen molar-refractivity contribution < 1.29 is 32.1 Å². The SMILES string of the molecule is C[C@H](NC(=O)OC(C)(C)C)C(=O)N1CCC[C@@H](CS(=O)(=O)c2ncc(B3OC(C)(C)C(C)(C)O3)cn2)C1. The molecule has 1 aromatic heterocycles. The van der Waals surface area contributed by atoms with Gasteiger partial charge in [-0.25, -0.2) is 23.2 Å². The van der Waals surface area contributed by atoms with E-state index in [1.54, 1.807) is 32.6 Å². The predicted octanol–water partition coefficient (Wildman–Crippen LogP) is 1.70. The third kappa shape index (κ3) is 7.20. The summed E-state index contributed by atoms with van der Waals surface area (Å²) in [5, 5.41) is 2.28. The van der Waals surface area contributed by atoms with Crippen molar-refractivity contribution in [3.8, 4) is 0 Å². The molecule has 0 aliphatic carbocycles. The van der Waals surface area contributed by atoms with Gasteiger partial charge in [0.15, 0.2) is 0 Å². The van der Waals surface area contributed by atoms with E-state index in [-0.39, 0.29) is 29.3 Å². The van der Waals surface area contributed by atoms with Gasteiger partial charge in [-0.1, -0.05) is 0 Å². The lowest BCUT2D eigenvalue weighted by Gasteiger charge is -2.34. The van der Waals surface area contributed by atoms with Gasteiger partial charge < -0.3 is 24.3 Å². The molecule has 1 aromatic rings. The van der Waals surface area contributed by atoms with Crippen molar-refractivity contribution in [3.05, 3.63) is 12.4 Å². The van der Waals surface area contributed by atoms with Crippen LogP contribution in [-0.4, -0.2) is 84.1 Å². The molecule has 3 heterocycles. The van der Waals surface area contributed by atoms with E-state index in [0.717, 1.165) is 0 Å². The molecule has 13 heteroatoms. The summed E-state index contributed by atoms with van der Waals surface area (Å²) in [6, 6.07) is -0.795. The Labute approximate surface area is 220 Å². The summed E-state index contributed by atoms with van der Waals surface area (Å²) in [4.78, 5) is 34.7. The lowest BCUT2D eigenvalue weighted by molar-refractivity contribution is -0.134. The molecule has 2 aliphatic heterocycles. The van der Waals surface area contributed by atoms with Crippen LogP contribution in [0.2, 0.25) is 0 Å². The topological polar surface area (TPSA) is 137 Å². The fraction of sp³-hybridized carbons (Fsp3) is 0.750. The molecule has 0 unspecified atom stereocenters. The van der Waals surface area contributed by atoms with Crippen molar-refractivity contribution in [3.63, 3.8) is 0 Å². The number of carbonyl (C=O) groups is 2. The summed E-state index contributed by atoms with van der Waals surface area (Å²) in [5.74, 6) is -0.737. The number of rotatable bonds is 6. The van der Waals surface area contributed by atoms with Gasteiger partial charge in [0, 0.05) is 30.9 Å². The summed E-state index contributed by atoms with van der Waals surface area (Å²) in [7, 11) is -4.47. The maximum Gasteiger partial charge on any atom is 0.498 e. The van der Waals surface area contributed by atoms with Crippen LogP contribution in [0, 0.1) is 5.92 Å². The largest absolute Gasteiger partial charge is 0.498 e. The Morgan fingerprint density at radius 1 is 1.19 bits per heavy atom. The molecule has 0 spiro atoms. The Morgan fingerprint density at radius 3 is 2.30 bits per heavy atom. The number of nitrogens with zero attached hydrogens (tertiary/aromatic N) is 3. The Balaban J connectivity index is 1.60. The number of piperidine rings is 1. The van der Waals surface area contributed by atoms with Gasteiger partial charge in [0.05, 0.1) is 17.0 Å². The van der Waals surface area contributed by atoms with Gasteiger partial charge in [-0.2, -0.15) is 0 Å². The highest BCUT2D eigenvalue weighted by Gasteiger charge is 2.52. The summed E-state index contributed by atoms with van der Waals surface area (Å²) >= 11 is 0. The normalized spacial score (nSPS) is 22.4. The smallest absolute Gasteiger partial charge is 0.444 e. The molecule has 37 heavy (non-hydrogen) atoms. The molecule has 0 radical (unpaired) electrons. The maximum atomic E-state index is 13.1. The second-order valence-corrected chi connectivity index (χ2v) is 13.8. The number of hydrogen-bond acceptors (Lipinski definition) is 9. The molecular weight excluding hydrogens is 499 g/mol. The minimum Gasteiger partial charge on any atom is -0.444 e. The number of amides is 2. The Hall–Kier alpha value is -2.25. The van der Waals surface area contributed by atoms with Gasteiger partial charge in [-0.05, 0) is 74.1 Å². The van der Waals surface area contributed by atoms with Crippen LogP contribution in [0.1, 0.15) is 68.2 Å². The Morgan fingerprint density at radius 2 is 1.76 bits per heavy atom. The van der Waals surface area contributed by atoms with E-state index < -0.39 is 45.9 Å². The van der Waals surface area contributed by atoms with Crippen molar-refractivity contribution in [1.82, 2.24) is 20.2 Å². The van der Waals surface area contributed by atoms with Crippen LogP contribution in [0.3, 0.4) is 0 Å². The molecule has 206 valence electrons. The van der Waals surface area contributed by atoms with Gasteiger partial charge in [0.2, 0.25) is 20.9 Å². The van der Waals surface area contributed by atoms with E-state index in [0.29, 0.717) is 24.8 Å². The fourth-order valence-corrected chi connectivity index (χ4v) is 5.66. The van der Waals surface area contributed by atoms with E-state index in [1.165, 1.54) is 12.4 Å².